The SMILES string of the molecule is CC(NCC1(N(C)C)CCC1)c1ccc(S(N)(=O)=O)cc1. The summed E-state index contributed by atoms with van der Waals surface area (Å²) in [5.41, 5.74) is 1.34. The largest absolute Gasteiger partial charge is 0.308 e. The third-order valence-corrected chi connectivity index (χ3v) is 5.61. The highest BCUT2D eigenvalue weighted by atomic mass is 32.2. The van der Waals surface area contributed by atoms with Gasteiger partial charge in [0.15, 0.2) is 0 Å². The van der Waals surface area contributed by atoms with Crippen molar-refractivity contribution in [2.75, 3.05) is 20.6 Å². The average Bonchev–Trinajstić information content (AvgIpc) is 2.36. The summed E-state index contributed by atoms with van der Waals surface area (Å²) in [6, 6.07) is 6.94. The fourth-order valence-electron chi connectivity index (χ4n) is 2.77. The minimum atomic E-state index is -3.61. The number of nitrogens with zero attached hydrogens (tertiary/aromatic N) is 1. The van der Waals surface area contributed by atoms with Gasteiger partial charge in [-0.1, -0.05) is 12.1 Å². The van der Waals surface area contributed by atoms with Crippen LogP contribution in [0.3, 0.4) is 0 Å². The van der Waals surface area contributed by atoms with Gasteiger partial charge in [-0.2, -0.15) is 0 Å². The zero-order valence-electron chi connectivity index (χ0n) is 13.0. The molecule has 0 amide bonds. The smallest absolute Gasteiger partial charge is 0.238 e. The molecule has 1 aromatic rings. The maximum atomic E-state index is 11.2. The van der Waals surface area contributed by atoms with Crippen molar-refractivity contribution in [3.63, 3.8) is 0 Å². The predicted octanol–water partition coefficient (Wildman–Crippen LogP) is 1.47. The summed E-state index contributed by atoms with van der Waals surface area (Å²) in [6.07, 6.45) is 3.74. The lowest BCUT2D eigenvalue weighted by atomic mass is 9.75. The number of nitrogens with one attached hydrogen (secondary N) is 1. The van der Waals surface area contributed by atoms with Crippen molar-refractivity contribution < 1.29 is 8.42 Å². The van der Waals surface area contributed by atoms with Gasteiger partial charge >= 0.3 is 0 Å². The van der Waals surface area contributed by atoms with Gasteiger partial charge in [0.25, 0.3) is 0 Å². The van der Waals surface area contributed by atoms with Crippen LogP contribution in [0.5, 0.6) is 0 Å². The second kappa shape index (κ2) is 6.04. The van der Waals surface area contributed by atoms with Crippen molar-refractivity contribution in [1.82, 2.24) is 10.2 Å². The molecule has 118 valence electrons. The van der Waals surface area contributed by atoms with Gasteiger partial charge in [0.05, 0.1) is 4.90 Å². The number of likely N-dealkylation sites (N-methyl/N-ethyl adjacent to an activating group) is 1. The van der Waals surface area contributed by atoms with Gasteiger partial charge in [0.1, 0.15) is 0 Å². The van der Waals surface area contributed by atoms with E-state index in [4.69, 9.17) is 5.14 Å². The molecule has 1 atom stereocenters. The third kappa shape index (κ3) is 3.63. The van der Waals surface area contributed by atoms with Crippen LogP contribution in [0, 0.1) is 0 Å². The highest BCUT2D eigenvalue weighted by Gasteiger charge is 2.38. The molecule has 0 heterocycles. The second-order valence-electron chi connectivity index (χ2n) is 6.19. The summed E-state index contributed by atoms with van der Waals surface area (Å²) < 4.78 is 22.5. The quantitative estimate of drug-likeness (QED) is 0.834. The van der Waals surface area contributed by atoms with Gasteiger partial charge in [-0.3, -0.25) is 0 Å². The first-order valence-corrected chi connectivity index (χ1v) is 8.83. The molecule has 2 rings (SSSR count). The Bertz CT molecular complexity index is 577. The number of nitrogens with two attached hydrogens (primary N) is 1. The molecule has 1 unspecified atom stereocenters. The van der Waals surface area contributed by atoms with E-state index in [1.165, 1.54) is 19.3 Å². The van der Waals surface area contributed by atoms with E-state index in [0.29, 0.717) is 0 Å². The molecule has 1 aliphatic rings. The van der Waals surface area contributed by atoms with Crippen LogP contribution in [0.1, 0.15) is 37.8 Å². The van der Waals surface area contributed by atoms with Gasteiger partial charge in [-0.05, 0) is 58.0 Å². The minimum absolute atomic E-state index is 0.155. The van der Waals surface area contributed by atoms with Crippen molar-refractivity contribution in [1.29, 1.82) is 0 Å². The van der Waals surface area contributed by atoms with Crippen molar-refractivity contribution in [3.05, 3.63) is 29.8 Å². The zero-order valence-corrected chi connectivity index (χ0v) is 13.8. The summed E-state index contributed by atoms with van der Waals surface area (Å²) >= 11 is 0. The van der Waals surface area contributed by atoms with Gasteiger partial charge < -0.3 is 10.2 Å². The highest BCUT2D eigenvalue weighted by Crippen LogP contribution is 2.35. The van der Waals surface area contributed by atoms with Crippen LogP contribution in [0.15, 0.2) is 29.2 Å². The average molecular weight is 311 g/mol. The summed E-state index contributed by atoms with van der Waals surface area (Å²) in [5.74, 6) is 0. The molecule has 0 bridgehead atoms. The van der Waals surface area contributed by atoms with Crippen LogP contribution in [-0.4, -0.2) is 39.5 Å². The normalized spacial score (nSPS) is 19.3. The third-order valence-electron chi connectivity index (χ3n) is 4.68. The summed E-state index contributed by atoms with van der Waals surface area (Å²) in [5, 5.41) is 8.67. The van der Waals surface area contributed by atoms with E-state index in [0.717, 1.165) is 12.1 Å². The lowest BCUT2D eigenvalue weighted by Crippen LogP contribution is -2.56. The monoisotopic (exact) mass is 311 g/mol. The molecule has 6 heteroatoms. The molecule has 1 aliphatic carbocycles. The number of benzene rings is 1. The number of rotatable bonds is 6. The molecular weight excluding hydrogens is 286 g/mol. The molecule has 0 saturated heterocycles. The van der Waals surface area contributed by atoms with Crippen LogP contribution in [0.4, 0.5) is 0 Å². The van der Waals surface area contributed by atoms with Crippen molar-refractivity contribution in [3.8, 4) is 0 Å². The highest BCUT2D eigenvalue weighted by molar-refractivity contribution is 7.89. The molecule has 0 aliphatic heterocycles. The Kier molecular flexibility index (Phi) is 4.72. The first kappa shape index (κ1) is 16.4. The fraction of sp³-hybridized carbons (Fsp3) is 0.600. The fourth-order valence-corrected chi connectivity index (χ4v) is 3.29. The molecule has 1 fully saturated rings. The summed E-state index contributed by atoms with van der Waals surface area (Å²) in [6.45, 7) is 3.03. The first-order chi connectivity index (χ1) is 9.74. The Balaban J connectivity index is 1.99. The van der Waals surface area contributed by atoms with Gasteiger partial charge in [-0.15, -0.1) is 0 Å². The van der Waals surface area contributed by atoms with E-state index in [1.54, 1.807) is 12.1 Å². The van der Waals surface area contributed by atoms with Gasteiger partial charge in [0, 0.05) is 18.1 Å². The Morgan fingerprint density at radius 1 is 1.29 bits per heavy atom. The Morgan fingerprint density at radius 3 is 2.24 bits per heavy atom. The van der Waals surface area contributed by atoms with Crippen LogP contribution in [0.25, 0.3) is 0 Å². The molecular formula is C15H25N3O2S. The van der Waals surface area contributed by atoms with Crippen LogP contribution in [0.2, 0.25) is 0 Å². The van der Waals surface area contributed by atoms with E-state index in [1.807, 2.05) is 12.1 Å². The van der Waals surface area contributed by atoms with Crippen molar-refractivity contribution in [2.24, 2.45) is 5.14 Å². The number of sulfonamides is 1. The minimum Gasteiger partial charge on any atom is -0.308 e. The van der Waals surface area contributed by atoms with E-state index in [-0.39, 0.29) is 16.5 Å². The number of hydrogen-bond donors (Lipinski definition) is 2. The van der Waals surface area contributed by atoms with E-state index in [9.17, 15) is 8.42 Å². The molecule has 0 spiro atoms. The molecule has 0 aromatic heterocycles. The lowest BCUT2D eigenvalue weighted by molar-refractivity contribution is 0.0576. The number of primary sulfonamides is 1. The van der Waals surface area contributed by atoms with E-state index in [2.05, 4.69) is 31.2 Å². The molecule has 1 saturated carbocycles. The molecule has 21 heavy (non-hydrogen) atoms. The zero-order chi connectivity index (χ0) is 15.7. The second-order valence-corrected chi connectivity index (χ2v) is 7.75. The molecule has 1 aromatic carbocycles. The maximum absolute atomic E-state index is 11.2. The Labute approximate surface area is 127 Å². The van der Waals surface area contributed by atoms with Crippen LogP contribution < -0.4 is 10.5 Å². The first-order valence-electron chi connectivity index (χ1n) is 7.28. The molecule has 0 radical (unpaired) electrons. The predicted molar refractivity (Wildman–Crippen MR) is 84.5 cm³/mol. The van der Waals surface area contributed by atoms with Crippen molar-refractivity contribution >= 4 is 10.0 Å². The molecule has 5 nitrogen and oxygen atoms in total. The van der Waals surface area contributed by atoms with E-state index >= 15 is 0 Å². The Morgan fingerprint density at radius 2 is 1.86 bits per heavy atom. The van der Waals surface area contributed by atoms with Gasteiger partial charge in [0.2, 0.25) is 10.0 Å². The summed E-state index contributed by atoms with van der Waals surface area (Å²) in [4.78, 5) is 2.46. The summed E-state index contributed by atoms with van der Waals surface area (Å²) in [7, 11) is 0.649. The van der Waals surface area contributed by atoms with Crippen LogP contribution in [-0.2, 0) is 10.0 Å². The van der Waals surface area contributed by atoms with E-state index < -0.39 is 10.0 Å². The van der Waals surface area contributed by atoms with Crippen LogP contribution >= 0.6 is 0 Å². The lowest BCUT2D eigenvalue weighted by Gasteiger charge is -2.48. The Hall–Kier alpha value is -0.950. The molecule has 3 N–H and O–H groups in total. The maximum Gasteiger partial charge on any atom is 0.238 e. The van der Waals surface area contributed by atoms with Gasteiger partial charge in [-0.25, -0.2) is 13.6 Å². The standard InChI is InChI=1S/C15H25N3O2S/c1-12(17-11-15(18(2)3)9-4-10-15)13-5-7-14(8-6-13)21(16,19)20/h5-8,12,17H,4,9-11H2,1-3H3,(H2,16,19,20). The number of hydrogen-bond acceptors (Lipinski definition) is 4. The van der Waals surface area contributed by atoms with Crippen molar-refractivity contribution in [2.45, 2.75) is 42.7 Å². The topological polar surface area (TPSA) is 75.4 Å².